The number of methoxy groups -OCH3 is 1. The molecular formula is C22H24N2O3. The SMILES string of the molecule is COc1ccc2[nH]cc(C3(C(=O)Nc4ccccc4OC(C)C)CC3)c2c1. The van der Waals surface area contributed by atoms with Crippen molar-refractivity contribution >= 4 is 22.5 Å². The molecule has 1 aromatic heterocycles. The largest absolute Gasteiger partial charge is 0.497 e. The maximum absolute atomic E-state index is 13.2. The van der Waals surface area contributed by atoms with E-state index in [-0.39, 0.29) is 12.0 Å². The minimum Gasteiger partial charge on any atom is -0.497 e. The summed E-state index contributed by atoms with van der Waals surface area (Å²) in [4.78, 5) is 16.5. The van der Waals surface area contributed by atoms with Gasteiger partial charge in [-0.25, -0.2) is 0 Å². The monoisotopic (exact) mass is 364 g/mol. The highest BCUT2D eigenvalue weighted by Gasteiger charge is 2.52. The molecule has 0 saturated heterocycles. The van der Waals surface area contributed by atoms with Gasteiger partial charge in [-0.15, -0.1) is 0 Å². The molecule has 1 fully saturated rings. The zero-order valence-electron chi connectivity index (χ0n) is 15.8. The first kappa shape index (κ1) is 17.5. The molecule has 0 aliphatic heterocycles. The lowest BCUT2D eigenvalue weighted by molar-refractivity contribution is -0.118. The number of ether oxygens (including phenoxy) is 2. The van der Waals surface area contributed by atoms with Gasteiger partial charge in [0.15, 0.2) is 0 Å². The minimum absolute atomic E-state index is 0.00558. The summed E-state index contributed by atoms with van der Waals surface area (Å²) in [7, 11) is 1.65. The van der Waals surface area contributed by atoms with Crippen molar-refractivity contribution in [3.8, 4) is 11.5 Å². The number of H-pyrrole nitrogens is 1. The summed E-state index contributed by atoms with van der Waals surface area (Å²) in [6.45, 7) is 3.95. The minimum atomic E-state index is -0.504. The van der Waals surface area contributed by atoms with Crippen LogP contribution in [0.1, 0.15) is 32.3 Å². The summed E-state index contributed by atoms with van der Waals surface area (Å²) in [5, 5.41) is 4.13. The first-order chi connectivity index (χ1) is 13.0. The van der Waals surface area contributed by atoms with Gasteiger partial charge in [0.05, 0.1) is 24.3 Å². The van der Waals surface area contributed by atoms with Crippen LogP contribution in [0.25, 0.3) is 10.9 Å². The Bertz CT molecular complexity index is 986. The van der Waals surface area contributed by atoms with E-state index >= 15 is 0 Å². The molecule has 1 heterocycles. The molecular weight excluding hydrogens is 340 g/mol. The fraction of sp³-hybridized carbons (Fsp3) is 0.318. The number of hydrogen-bond donors (Lipinski definition) is 2. The molecule has 0 radical (unpaired) electrons. The smallest absolute Gasteiger partial charge is 0.235 e. The van der Waals surface area contributed by atoms with Crippen molar-refractivity contribution in [3.63, 3.8) is 0 Å². The Morgan fingerprint density at radius 2 is 1.96 bits per heavy atom. The van der Waals surface area contributed by atoms with Crippen LogP contribution >= 0.6 is 0 Å². The molecule has 0 unspecified atom stereocenters. The van der Waals surface area contributed by atoms with Crippen LogP contribution in [0.15, 0.2) is 48.7 Å². The maximum Gasteiger partial charge on any atom is 0.235 e. The predicted octanol–water partition coefficient (Wildman–Crippen LogP) is 4.63. The molecule has 2 N–H and O–H groups in total. The molecule has 0 spiro atoms. The van der Waals surface area contributed by atoms with Gasteiger partial charge in [0.25, 0.3) is 0 Å². The molecule has 2 aromatic carbocycles. The van der Waals surface area contributed by atoms with E-state index in [1.165, 1.54) is 0 Å². The van der Waals surface area contributed by atoms with Gasteiger partial charge in [0.2, 0.25) is 5.91 Å². The zero-order chi connectivity index (χ0) is 19.0. The highest BCUT2D eigenvalue weighted by Crippen LogP contribution is 2.51. The number of fused-ring (bicyclic) bond motifs is 1. The molecule has 1 amide bonds. The number of rotatable bonds is 6. The number of para-hydroxylation sites is 2. The highest BCUT2D eigenvalue weighted by atomic mass is 16.5. The standard InChI is InChI=1S/C22H24N2O3/c1-14(2)27-20-7-5-4-6-19(20)24-21(25)22(10-11-22)17-13-23-18-9-8-15(26-3)12-16(17)18/h4-9,12-14,23H,10-11H2,1-3H3,(H,24,25). The molecule has 0 atom stereocenters. The lowest BCUT2D eigenvalue weighted by Crippen LogP contribution is -2.28. The number of carbonyl (C=O) groups excluding carboxylic acids is 1. The Hall–Kier alpha value is -2.95. The maximum atomic E-state index is 13.2. The molecule has 140 valence electrons. The summed E-state index contributed by atoms with van der Waals surface area (Å²) in [6, 6.07) is 13.5. The average molecular weight is 364 g/mol. The van der Waals surface area contributed by atoms with Crippen molar-refractivity contribution in [2.45, 2.75) is 38.2 Å². The van der Waals surface area contributed by atoms with Gasteiger partial charge in [-0.05, 0) is 62.6 Å². The second-order valence-corrected chi connectivity index (χ2v) is 7.31. The zero-order valence-corrected chi connectivity index (χ0v) is 15.8. The number of hydrogen-bond acceptors (Lipinski definition) is 3. The van der Waals surface area contributed by atoms with E-state index in [0.717, 1.165) is 35.1 Å². The summed E-state index contributed by atoms with van der Waals surface area (Å²) >= 11 is 0. The number of aromatic amines is 1. The average Bonchev–Trinajstić information content (AvgIpc) is 3.36. The fourth-order valence-electron chi connectivity index (χ4n) is 3.53. The van der Waals surface area contributed by atoms with Crippen molar-refractivity contribution in [1.29, 1.82) is 0 Å². The van der Waals surface area contributed by atoms with Gasteiger partial charge >= 0.3 is 0 Å². The summed E-state index contributed by atoms with van der Waals surface area (Å²) in [5.74, 6) is 1.48. The molecule has 5 heteroatoms. The Balaban J connectivity index is 1.65. The molecule has 27 heavy (non-hydrogen) atoms. The van der Waals surface area contributed by atoms with Gasteiger partial charge in [0.1, 0.15) is 11.5 Å². The van der Waals surface area contributed by atoms with E-state index in [0.29, 0.717) is 11.4 Å². The first-order valence-electron chi connectivity index (χ1n) is 9.26. The number of carbonyl (C=O) groups is 1. The normalized spacial score (nSPS) is 15.0. The second-order valence-electron chi connectivity index (χ2n) is 7.31. The quantitative estimate of drug-likeness (QED) is 0.670. The summed E-state index contributed by atoms with van der Waals surface area (Å²) in [5.41, 5.74) is 2.24. The fourth-order valence-corrected chi connectivity index (χ4v) is 3.53. The van der Waals surface area contributed by atoms with E-state index in [1.807, 2.05) is 62.5 Å². The van der Waals surface area contributed by atoms with Crippen molar-refractivity contribution in [2.24, 2.45) is 0 Å². The van der Waals surface area contributed by atoms with E-state index in [4.69, 9.17) is 9.47 Å². The van der Waals surface area contributed by atoms with Gasteiger partial charge in [-0.3, -0.25) is 4.79 Å². The van der Waals surface area contributed by atoms with Crippen molar-refractivity contribution in [3.05, 3.63) is 54.2 Å². The Labute approximate surface area is 158 Å². The van der Waals surface area contributed by atoms with E-state index in [1.54, 1.807) is 7.11 Å². The number of benzene rings is 2. The van der Waals surface area contributed by atoms with Crippen molar-refractivity contribution < 1.29 is 14.3 Å². The van der Waals surface area contributed by atoms with E-state index in [2.05, 4.69) is 10.3 Å². The van der Waals surface area contributed by atoms with Crippen LogP contribution in [0, 0.1) is 0 Å². The van der Waals surface area contributed by atoms with Gasteiger partial charge in [-0.1, -0.05) is 12.1 Å². The van der Waals surface area contributed by atoms with Crippen LogP contribution in [0.2, 0.25) is 0 Å². The van der Waals surface area contributed by atoms with E-state index < -0.39 is 5.41 Å². The summed E-state index contributed by atoms with van der Waals surface area (Å²) in [6.07, 6.45) is 3.65. The molecule has 1 aliphatic rings. The van der Waals surface area contributed by atoms with Crippen LogP contribution in [0.3, 0.4) is 0 Å². The van der Waals surface area contributed by atoms with Crippen LogP contribution < -0.4 is 14.8 Å². The third-order valence-electron chi connectivity index (χ3n) is 5.09. The Morgan fingerprint density at radius 3 is 2.67 bits per heavy atom. The lowest BCUT2D eigenvalue weighted by Gasteiger charge is -2.18. The third kappa shape index (κ3) is 3.14. The number of nitrogens with one attached hydrogen (secondary N) is 2. The number of aromatic nitrogens is 1. The number of amides is 1. The second kappa shape index (κ2) is 6.65. The predicted molar refractivity (Wildman–Crippen MR) is 107 cm³/mol. The molecule has 0 bridgehead atoms. The molecule has 3 aromatic rings. The van der Waals surface area contributed by atoms with E-state index in [9.17, 15) is 4.79 Å². The van der Waals surface area contributed by atoms with Crippen LogP contribution in [0.4, 0.5) is 5.69 Å². The third-order valence-corrected chi connectivity index (χ3v) is 5.09. The molecule has 1 aliphatic carbocycles. The highest BCUT2D eigenvalue weighted by molar-refractivity contribution is 6.05. The lowest BCUT2D eigenvalue weighted by atomic mass is 9.94. The van der Waals surface area contributed by atoms with Crippen LogP contribution in [-0.4, -0.2) is 24.1 Å². The topological polar surface area (TPSA) is 63.4 Å². The summed E-state index contributed by atoms with van der Waals surface area (Å²) < 4.78 is 11.2. The van der Waals surface area contributed by atoms with Crippen molar-refractivity contribution in [2.75, 3.05) is 12.4 Å². The molecule has 1 saturated carbocycles. The van der Waals surface area contributed by atoms with Gasteiger partial charge < -0.3 is 19.8 Å². The Kier molecular flexibility index (Phi) is 4.30. The molecule has 4 rings (SSSR count). The number of anilines is 1. The van der Waals surface area contributed by atoms with Crippen LogP contribution in [-0.2, 0) is 10.2 Å². The van der Waals surface area contributed by atoms with Crippen LogP contribution in [0.5, 0.6) is 11.5 Å². The Morgan fingerprint density at radius 1 is 1.19 bits per heavy atom. The van der Waals surface area contributed by atoms with Gasteiger partial charge in [-0.2, -0.15) is 0 Å². The van der Waals surface area contributed by atoms with Gasteiger partial charge in [0, 0.05) is 17.1 Å². The first-order valence-corrected chi connectivity index (χ1v) is 9.26. The van der Waals surface area contributed by atoms with Crippen molar-refractivity contribution in [1.82, 2.24) is 4.98 Å². The molecule has 5 nitrogen and oxygen atoms in total.